The van der Waals surface area contributed by atoms with Crippen molar-refractivity contribution in [3.05, 3.63) is 47.9 Å². The predicted octanol–water partition coefficient (Wildman–Crippen LogP) is 3.13. The molecule has 0 fully saturated rings. The van der Waals surface area contributed by atoms with Gasteiger partial charge >= 0.3 is 12.1 Å². The summed E-state index contributed by atoms with van der Waals surface area (Å²) in [7, 11) is 0. The summed E-state index contributed by atoms with van der Waals surface area (Å²) >= 11 is 0. The van der Waals surface area contributed by atoms with Gasteiger partial charge in [-0.25, -0.2) is 9.59 Å². The predicted molar refractivity (Wildman–Crippen MR) is 85.3 cm³/mol. The molecule has 0 heterocycles. The molecular weight excluding hydrogens is 298 g/mol. The molecule has 0 radical (unpaired) electrons. The summed E-state index contributed by atoms with van der Waals surface area (Å²) in [4.78, 5) is 23.6. The molecule has 0 bridgehead atoms. The van der Waals surface area contributed by atoms with E-state index in [1.165, 1.54) is 0 Å². The topological polar surface area (TPSA) is 73.9 Å². The van der Waals surface area contributed by atoms with E-state index in [2.05, 4.69) is 5.32 Å². The molecule has 0 atom stereocenters. The summed E-state index contributed by atoms with van der Waals surface area (Å²) in [6, 6.07) is 9.44. The fourth-order valence-electron chi connectivity index (χ4n) is 1.55. The van der Waals surface area contributed by atoms with Crippen LogP contribution in [0.3, 0.4) is 0 Å². The minimum absolute atomic E-state index is 0.114. The van der Waals surface area contributed by atoms with Crippen molar-refractivity contribution in [1.29, 1.82) is 0 Å². The Hall–Kier alpha value is -2.50. The van der Waals surface area contributed by atoms with Gasteiger partial charge < -0.3 is 14.2 Å². The number of alkyl carbamates (subject to hydrolysis) is 1. The van der Waals surface area contributed by atoms with E-state index in [-0.39, 0.29) is 18.9 Å². The minimum Gasteiger partial charge on any atom is -0.494 e. The van der Waals surface area contributed by atoms with Crippen molar-refractivity contribution >= 4 is 12.1 Å². The van der Waals surface area contributed by atoms with Crippen molar-refractivity contribution in [3.63, 3.8) is 0 Å². The first-order valence-corrected chi connectivity index (χ1v) is 7.34. The van der Waals surface area contributed by atoms with Crippen LogP contribution in [0.4, 0.5) is 4.79 Å². The zero-order chi connectivity index (χ0) is 17.3. The van der Waals surface area contributed by atoms with E-state index in [1.807, 2.05) is 30.3 Å². The Morgan fingerprint density at radius 1 is 1.17 bits per heavy atom. The van der Waals surface area contributed by atoms with Crippen LogP contribution in [0, 0.1) is 0 Å². The summed E-state index contributed by atoms with van der Waals surface area (Å²) < 4.78 is 15.3. The van der Waals surface area contributed by atoms with Crippen molar-refractivity contribution < 1.29 is 23.8 Å². The average molecular weight is 321 g/mol. The molecule has 0 spiro atoms. The minimum atomic E-state index is -0.750. The Morgan fingerprint density at radius 3 is 2.39 bits per heavy atom. The van der Waals surface area contributed by atoms with Crippen molar-refractivity contribution in [3.8, 4) is 0 Å². The van der Waals surface area contributed by atoms with Gasteiger partial charge in [-0.05, 0) is 33.3 Å². The lowest BCUT2D eigenvalue weighted by atomic mass is 10.2. The molecule has 126 valence electrons. The molecule has 23 heavy (non-hydrogen) atoms. The lowest BCUT2D eigenvalue weighted by Crippen LogP contribution is -2.34. The van der Waals surface area contributed by atoms with Crippen molar-refractivity contribution in [1.82, 2.24) is 5.32 Å². The number of rotatable bonds is 6. The van der Waals surface area contributed by atoms with Gasteiger partial charge in [0.15, 0.2) is 5.70 Å². The number of hydrogen-bond donors (Lipinski definition) is 1. The molecular formula is C17H23NO5. The Morgan fingerprint density at radius 2 is 1.83 bits per heavy atom. The number of nitrogens with one attached hydrogen (secondary N) is 1. The van der Waals surface area contributed by atoms with Crippen molar-refractivity contribution in [2.24, 2.45) is 0 Å². The third-order valence-electron chi connectivity index (χ3n) is 2.42. The normalized spacial score (nSPS) is 11.6. The summed E-state index contributed by atoms with van der Waals surface area (Å²) in [5.41, 5.74) is 0.149. The van der Waals surface area contributed by atoms with E-state index >= 15 is 0 Å². The van der Waals surface area contributed by atoms with Crippen LogP contribution in [0.5, 0.6) is 0 Å². The first kappa shape index (κ1) is 18.5. The Labute approximate surface area is 136 Å². The SMILES string of the molecule is CCOC(=O)/C(=C/OCc1ccccc1)NC(=O)OC(C)(C)C. The number of hydrogen-bond acceptors (Lipinski definition) is 5. The maximum absolute atomic E-state index is 11.8. The Kier molecular flexibility index (Phi) is 7.12. The van der Waals surface area contributed by atoms with Crippen LogP contribution in [0.1, 0.15) is 33.3 Å². The van der Waals surface area contributed by atoms with Gasteiger partial charge in [0.05, 0.1) is 6.61 Å². The zero-order valence-electron chi connectivity index (χ0n) is 13.9. The quantitative estimate of drug-likeness (QED) is 0.495. The fourth-order valence-corrected chi connectivity index (χ4v) is 1.55. The van der Waals surface area contributed by atoms with Gasteiger partial charge in [0.1, 0.15) is 18.5 Å². The third kappa shape index (κ3) is 7.90. The van der Waals surface area contributed by atoms with Gasteiger partial charge in [-0.3, -0.25) is 5.32 Å². The molecule has 6 heteroatoms. The largest absolute Gasteiger partial charge is 0.494 e. The van der Waals surface area contributed by atoms with Crippen molar-refractivity contribution in [2.75, 3.05) is 6.61 Å². The van der Waals surface area contributed by atoms with E-state index in [4.69, 9.17) is 14.2 Å². The molecule has 1 aromatic carbocycles. The van der Waals surface area contributed by atoms with Crippen LogP contribution < -0.4 is 5.32 Å². The van der Waals surface area contributed by atoms with Gasteiger partial charge in [0.2, 0.25) is 0 Å². The number of carbonyl (C=O) groups excluding carboxylic acids is 2. The number of amides is 1. The van der Waals surface area contributed by atoms with E-state index < -0.39 is 17.7 Å². The van der Waals surface area contributed by atoms with Crippen LogP contribution in [0.15, 0.2) is 42.3 Å². The van der Waals surface area contributed by atoms with E-state index in [0.717, 1.165) is 11.8 Å². The maximum atomic E-state index is 11.8. The first-order chi connectivity index (χ1) is 10.8. The molecule has 0 aliphatic carbocycles. The zero-order valence-corrected chi connectivity index (χ0v) is 13.9. The van der Waals surface area contributed by atoms with Gasteiger partial charge in [0, 0.05) is 0 Å². The molecule has 1 rings (SSSR count). The molecule has 1 aromatic rings. The average Bonchev–Trinajstić information content (AvgIpc) is 2.45. The molecule has 0 aromatic heterocycles. The van der Waals surface area contributed by atoms with Crippen molar-refractivity contribution in [2.45, 2.75) is 39.9 Å². The smallest absolute Gasteiger partial charge is 0.412 e. The second-order valence-corrected chi connectivity index (χ2v) is 5.68. The van der Waals surface area contributed by atoms with Crippen LogP contribution in [-0.2, 0) is 25.6 Å². The van der Waals surface area contributed by atoms with Gasteiger partial charge in [-0.2, -0.15) is 0 Å². The van der Waals surface area contributed by atoms with Crippen LogP contribution in [0.25, 0.3) is 0 Å². The molecule has 0 aliphatic rings. The fraction of sp³-hybridized carbons (Fsp3) is 0.412. The highest BCUT2D eigenvalue weighted by Crippen LogP contribution is 2.08. The maximum Gasteiger partial charge on any atom is 0.412 e. The monoisotopic (exact) mass is 321 g/mol. The second-order valence-electron chi connectivity index (χ2n) is 5.68. The van der Waals surface area contributed by atoms with Gasteiger partial charge in [-0.15, -0.1) is 0 Å². The van der Waals surface area contributed by atoms with Crippen LogP contribution >= 0.6 is 0 Å². The Bertz CT molecular complexity index is 546. The Balaban J connectivity index is 2.69. The van der Waals surface area contributed by atoms with Gasteiger partial charge in [-0.1, -0.05) is 30.3 Å². The number of esters is 1. The first-order valence-electron chi connectivity index (χ1n) is 7.34. The summed E-state index contributed by atoms with van der Waals surface area (Å²) in [6.45, 7) is 7.31. The highest BCUT2D eigenvalue weighted by molar-refractivity contribution is 5.92. The van der Waals surface area contributed by atoms with Gasteiger partial charge in [0.25, 0.3) is 0 Å². The molecule has 0 saturated heterocycles. The molecule has 1 amide bonds. The standard InChI is InChI=1S/C17H23NO5/c1-5-22-15(19)14(18-16(20)23-17(2,3)4)12-21-11-13-9-7-6-8-10-13/h6-10,12H,5,11H2,1-4H3,(H,18,20)/b14-12-. The lowest BCUT2D eigenvalue weighted by Gasteiger charge is -2.20. The summed E-state index contributed by atoms with van der Waals surface area (Å²) in [5, 5.41) is 2.34. The number of benzene rings is 1. The third-order valence-corrected chi connectivity index (χ3v) is 2.42. The second kappa shape index (κ2) is 8.82. The lowest BCUT2D eigenvalue weighted by molar-refractivity contribution is -0.139. The van der Waals surface area contributed by atoms with E-state index in [1.54, 1.807) is 27.7 Å². The highest BCUT2D eigenvalue weighted by Gasteiger charge is 2.20. The molecule has 0 saturated carbocycles. The van der Waals surface area contributed by atoms with E-state index in [9.17, 15) is 9.59 Å². The number of ether oxygens (including phenoxy) is 3. The van der Waals surface area contributed by atoms with Crippen LogP contribution in [-0.4, -0.2) is 24.3 Å². The van der Waals surface area contributed by atoms with Crippen LogP contribution in [0.2, 0.25) is 0 Å². The summed E-state index contributed by atoms with van der Waals surface area (Å²) in [6.07, 6.45) is 0.412. The molecule has 6 nitrogen and oxygen atoms in total. The molecule has 1 N–H and O–H groups in total. The van der Waals surface area contributed by atoms with E-state index in [0.29, 0.717) is 0 Å². The molecule has 0 unspecified atom stereocenters. The number of carbonyl (C=O) groups is 2. The summed E-state index contributed by atoms with van der Waals surface area (Å²) in [5.74, 6) is -0.688. The highest BCUT2D eigenvalue weighted by atomic mass is 16.6. The molecule has 0 aliphatic heterocycles.